The molecule has 0 atom stereocenters. The van der Waals surface area contributed by atoms with Gasteiger partial charge in [-0.1, -0.05) is 0 Å². The van der Waals surface area contributed by atoms with E-state index in [1.165, 1.54) is 0 Å². The zero-order valence-corrected chi connectivity index (χ0v) is 9.67. The summed E-state index contributed by atoms with van der Waals surface area (Å²) in [5.41, 5.74) is 0.0206. The van der Waals surface area contributed by atoms with Crippen LogP contribution in [-0.4, -0.2) is 17.0 Å². The van der Waals surface area contributed by atoms with E-state index >= 15 is 0 Å². The smallest absolute Gasteiger partial charge is 0.391 e. The lowest BCUT2D eigenvalue weighted by atomic mass is 10.1. The highest BCUT2D eigenvalue weighted by atomic mass is 19.4. The summed E-state index contributed by atoms with van der Waals surface area (Å²) >= 11 is 0. The zero-order valence-electron chi connectivity index (χ0n) is 9.67. The van der Waals surface area contributed by atoms with Crippen molar-refractivity contribution in [3.8, 4) is 0 Å². The highest BCUT2D eigenvalue weighted by Gasteiger charge is 2.40. The second-order valence-corrected chi connectivity index (χ2v) is 3.66. The molecule has 0 aliphatic heterocycles. The molecule has 0 saturated carbocycles. The van der Waals surface area contributed by atoms with Gasteiger partial charge in [-0.2, -0.15) is 26.3 Å². The van der Waals surface area contributed by atoms with E-state index in [-0.39, 0.29) is 12.1 Å². The van der Waals surface area contributed by atoms with Crippen molar-refractivity contribution in [2.45, 2.75) is 12.4 Å². The van der Waals surface area contributed by atoms with E-state index in [0.717, 1.165) is 5.32 Å². The Hall–Kier alpha value is -2.53. The molecule has 0 radical (unpaired) electrons. The van der Waals surface area contributed by atoms with Crippen LogP contribution in [0.4, 0.5) is 43.4 Å². The third kappa shape index (κ3) is 3.73. The standard InChI is InChI=1S/C9H5F6N3O3/c10-8(11,12)3-1-4(17-7(19)9(13,14)15)6(16)5(2-3)18(20)21/h1-2H,16H2,(H,17,19). The molecule has 0 spiro atoms. The molecule has 0 heterocycles. The van der Waals surface area contributed by atoms with E-state index in [1.54, 1.807) is 0 Å². The number of nitro groups is 1. The Labute approximate surface area is 111 Å². The van der Waals surface area contributed by atoms with Gasteiger partial charge < -0.3 is 11.1 Å². The fourth-order valence-corrected chi connectivity index (χ4v) is 1.25. The van der Waals surface area contributed by atoms with Crippen molar-refractivity contribution in [1.82, 2.24) is 0 Å². The molecule has 116 valence electrons. The molecule has 0 aliphatic rings. The number of nitrogen functional groups attached to an aromatic ring is 1. The number of amides is 1. The number of anilines is 2. The number of nitrogens with one attached hydrogen (secondary N) is 1. The number of nitrogens with zero attached hydrogens (tertiary/aromatic N) is 1. The van der Waals surface area contributed by atoms with Crippen LogP contribution < -0.4 is 11.1 Å². The number of carbonyl (C=O) groups excluding carboxylic acids is 1. The molecule has 0 unspecified atom stereocenters. The average molecular weight is 317 g/mol. The molecule has 6 nitrogen and oxygen atoms in total. The number of nitro benzene ring substituents is 1. The third-order valence-electron chi connectivity index (χ3n) is 2.19. The maximum atomic E-state index is 12.5. The fraction of sp³-hybridized carbons (Fsp3) is 0.222. The second-order valence-electron chi connectivity index (χ2n) is 3.66. The minimum absolute atomic E-state index is 0.0541. The first-order valence-corrected chi connectivity index (χ1v) is 4.87. The minimum atomic E-state index is -5.39. The Morgan fingerprint density at radius 1 is 1.19 bits per heavy atom. The Bertz CT molecular complexity index is 596. The normalized spacial score (nSPS) is 12.1. The minimum Gasteiger partial charge on any atom is -0.391 e. The number of rotatable bonds is 2. The Morgan fingerprint density at radius 2 is 1.71 bits per heavy atom. The van der Waals surface area contributed by atoms with E-state index in [9.17, 15) is 41.3 Å². The number of alkyl halides is 6. The molecular weight excluding hydrogens is 312 g/mol. The first-order chi connectivity index (χ1) is 9.34. The largest absolute Gasteiger partial charge is 0.471 e. The molecule has 1 aromatic carbocycles. The SMILES string of the molecule is Nc1c(NC(=O)C(F)(F)F)cc(C(F)(F)F)cc1[N+](=O)[O-]. The molecule has 1 aromatic rings. The molecule has 0 aromatic heterocycles. The fourth-order valence-electron chi connectivity index (χ4n) is 1.25. The van der Waals surface area contributed by atoms with Crippen molar-refractivity contribution >= 4 is 23.0 Å². The van der Waals surface area contributed by atoms with Crippen molar-refractivity contribution in [2.24, 2.45) is 0 Å². The van der Waals surface area contributed by atoms with Gasteiger partial charge in [0.05, 0.1) is 16.2 Å². The van der Waals surface area contributed by atoms with Crippen LogP contribution in [-0.2, 0) is 11.0 Å². The summed E-state index contributed by atoms with van der Waals surface area (Å²) in [5.74, 6) is -2.61. The molecule has 12 heteroatoms. The first-order valence-electron chi connectivity index (χ1n) is 4.87. The predicted octanol–water partition coefficient (Wildman–Crippen LogP) is 2.70. The number of halogens is 6. The van der Waals surface area contributed by atoms with E-state index in [4.69, 9.17) is 5.73 Å². The second kappa shape index (κ2) is 5.10. The van der Waals surface area contributed by atoms with Gasteiger partial charge in [0.2, 0.25) is 0 Å². The average Bonchev–Trinajstić information content (AvgIpc) is 2.28. The number of carbonyl (C=O) groups is 1. The van der Waals surface area contributed by atoms with E-state index in [2.05, 4.69) is 0 Å². The van der Waals surface area contributed by atoms with Gasteiger partial charge >= 0.3 is 18.3 Å². The quantitative estimate of drug-likeness (QED) is 0.379. The van der Waals surface area contributed by atoms with Gasteiger partial charge in [0.15, 0.2) is 0 Å². The number of nitrogens with two attached hydrogens (primary N) is 1. The van der Waals surface area contributed by atoms with Crippen molar-refractivity contribution in [2.75, 3.05) is 11.1 Å². The summed E-state index contributed by atoms with van der Waals surface area (Å²) in [6, 6.07) is 0.130. The lowest BCUT2D eigenvalue weighted by Gasteiger charge is -2.13. The summed E-state index contributed by atoms with van der Waals surface area (Å²) in [7, 11) is 0. The van der Waals surface area contributed by atoms with Crippen LogP contribution in [0, 0.1) is 10.1 Å². The van der Waals surface area contributed by atoms with Gasteiger partial charge in [-0.3, -0.25) is 14.9 Å². The number of benzene rings is 1. The number of hydrogen-bond donors (Lipinski definition) is 2. The van der Waals surface area contributed by atoms with Crippen LogP contribution in [0.25, 0.3) is 0 Å². The van der Waals surface area contributed by atoms with Gasteiger partial charge in [-0.05, 0) is 6.07 Å². The summed E-state index contributed by atoms with van der Waals surface area (Å²) in [5, 5.41) is 11.6. The lowest BCUT2D eigenvalue weighted by Crippen LogP contribution is -2.30. The molecule has 1 rings (SSSR count). The molecular formula is C9H5F6N3O3. The molecule has 1 amide bonds. The summed E-state index contributed by atoms with van der Waals surface area (Å²) in [6.07, 6.45) is -10.5. The van der Waals surface area contributed by atoms with Gasteiger partial charge in [-0.15, -0.1) is 0 Å². The topological polar surface area (TPSA) is 98.3 Å². The van der Waals surface area contributed by atoms with Crippen LogP contribution in [0.5, 0.6) is 0 Å². The van der Waals surface area contributed by atoms with E-state index < -0.39 is 45.8 Å². The molecule has 0 bridgehead atoms. The third-order valence-corrected chi connectivity index (χ3v) is 2.19. The van der Waals surface area contributed by atoms with Gasteiger partial charge in [0.1, 0.15) is 5.69 Å². The van der Waals surface area contributed by atoms with Gasteiger partial charge in [0.25, 0.3) is 5.69 Å². The lowest BCUT2D eigenvalue weighted by molar-refractivity contribution is -0.384. The number of hydrogen-bond acceptors (Lipinski definition) is 4. The maximum Gasteiger partial charge on any atom is 0.471 e. The van der Waals surface area contributed by atoms with Crippen molar-refractivity contribution in [1.29, 1.82) is 0 Å². The van der Waals surface area contributed by atoms with Crippen LogP contribution in [0.3, 0.4) is 0 Å². The highest BCUT2D eigenvalue weighted by Crippen LogP contribution is 2.39. The van der Waals surface area contributed by atoms with Gasteiger partial charge in [0, 0.05) is 6.07 Å². The van der Waals surface area contributed by atoms with Crippen LogP contribution in [0.2, 0.25) is 0 Å². The summed E-state index contributed by atoms with van der Waals surface area (Å²) in [6.45, 7) is 0. The Kier molecular flexibility index (Phi) is 4.02. The van der Waals surface area contributed by atoms with Crippen molar-refractivity contribution in [3.63, 3.8) is 0 Å². The van der Waals surface area contributed by atoms with Crippen LogP contribution in [0.15, 0.2) is 12.1 Å². The van der Waals surface area contributed by atoms with Crippen LogP contribution >= 0.6 is 0 Å². The monoisotopic (exact) mass is 317 g/mol. The van der Waals surface area contributed by atoms with Crippen molar-refractivity contribution < 1.29 is 36.1 Å². The summed E-state index contributed by atoms with van der Waals surface area (Å²) < 4.78 is 73.7. The molecule has 21 heavy (non-hydrogen) atoms. The van der Waals surface area contributed by atoms with Gasteiger partial charge in [-0.25, -0.2) is 0 Å². The van der Waals surface area contributed by atoms with E-state index in [0.29, 0.717) is 0 Å². The molecule has 0 fully saturated rings. The van der Waals surface area contributed by atoms with Crippen molar-refractivity contribution in [3.05, 3.63) is 27.8 Å². The maximum absolute atomic E-state index is 12.5. The first kappa shape index (κ1) is 16.5. The van der Waals surface area contributed by atoms with E-state index in [1.807, 2.05) is 0 Å². The molecule has 3 N–H and O–H groups in total. The highest BCUT2D eigenvalue weighted by molar-refractivity contribution is 5.98. The molecule has 0 saturated heterocycles. The summed E-state index contributed by atoms with van der Waals surface area (Å²) in [4.78, 5) is 19.9. The Balaban J connectivity index is 3.41. The zero-order chi connectivity index (χ0) is 16.6. The molecule has 0 aliphatic carbocycles. The van der Waals surface area contributed by atoms with Crippen LogP contribution in [0.1, 0.15) is 5.56 Å². The Morgan fingerprint density at radius 3 is 2.10 bits per heavy atom. The predicted molar refractivity (Wildman–Crippen MR) is 57.2 cm³/mol.